The number of ether oxygens (including phenoxy) is 2. The molecule has 0 spiro atoms. The van der Waals surface area contributed by atoms with E-state index in [4.69, 9.17) is 9.47 Å². The predicted octanol–water partition coefficient (Wildman–Crippen LogP) is 3.69. The monoisotopic (exact) mass is 466 g/mol. The van der Waals surface area contributed by atoms with E-state index < -0.39 is 29.3 Å². The molecule has 6 atom stereocenters. The smallest absolute Gasteiger partial charge is 0.411 e. The van der Waals surface area contributed by atoms with Crippen LogP contribution in [0.3, 0.4) is 0 Å². The number of carbonyl (C=O) groups excluding carboxylic acids is 3. The molecule has 4 fully saturated rings. The quantitative estimate of drug-likeness (QED) is 0.660. The van der Waals surface area contributed by atoms with Gasteiger partial charge in [0.1, 0.15) is 17.2 Å². The summed E-state index contributed by atoms with van der Waals surface area (Å²) in [7, 11) is 0. The Morgan fingerprint density at radius 2 is 1.39 bits per heavy atom. The number of likely N-dealkylation sites (tertiary alicyclic amines) is 2. The zero-order chi connectivity index (χ0) is 24.9. The first-order valence-corrected chi connectivity index (χ1v) is 11.8. The maximum absolute atomic E-state index is 12.0. The molecular weight excluding hydrogens is 428 g/mol. The Morgan fingerprint density at radius 3 is 1.91 bits per heavy atom. The molecule has 2 saturated heterocycles. The lowest BCUT2D eigenvalue weighted by Crippen LogP contribution is -2.50. The minimum atomic E-state index is -0.914. The number of ketones is 1. The van der Waals surface area contributed by atoms with Crippen molar-refractivity contribution in [3.63, 3.8) is 0 Å². The second kappa shape index (κ2) is 8.80. The normalized spacial score (nSPS) is 32.0. The molecule has 2 heterocycles. The number of carboxylic acid groups (broad SMARTS) is 1. The number of amides is 2. The van der Waals surface area contributed by atoms with E-state index in [1.54, 1.807) is 32.6 Å². The number of rotatable bonds is 2. The fraction of sp³-hybridized carbons (Fsp3) is 0.833. The van der Waals surface area contributed by atoms with Crippen molar-refractivity contribution in [1.29, 1.82) is 0 Å². The summed E-state index contributed by atoms with van der Waals surface area (Å²) in [5.74, 6) is 0.190. The number of nitrogens with zero attached hydrogens (tertiary/aromatic N) is 2. The molecule has 2 amide bonds. The molecule has 4 rings (SSSR count). The maximum atomic E-state index is 12.0. The van der Waals surface area contributed by atoms with Crippen molar-refractivity contribution >= 4 is 23.9 Å². The first kappa shape index (κ1) is 25.3. The van der Waals surface area contributed by atoms with Crippen molar-refractivity contribution < 1.29 is 33.8 Å². The van der Waals surface area contributed by atoms with Crippen LogP contribution in [0.1, 0.15) is 74.1 Å². The van der Waals surface area contributed by atoms with Crippen LogP contribution in [-0.2, 0) is 19.1 Å². The summed E-state index contributed by atoms with van der Waals surface area (Å²) < 4.78 is 10.6. The van der Waals surface area contributed by atoms with Gasteiger partial charge in [-0.2, -0.15) is 0 Å². The Labute approximate surface area is 195 Å². The van der Waals surface area contributed by atoms with Crippen LogP contribution in [0.15, 0.2) is 0 Å². The molecule has 9 nitrogen and oxygen atoms in total. The molecule has 0 aromatic rings. The molecule has 4 aliphatic rings. The number of aliphatic carboxylic acids is 1. The van der Waals surface area contributed by atoms with Crippen LogP contribution in [0.4, 0.5) is 9.59 Å². The minimum Gasteiger partial charge on any atom is -0.480 e. The standard InChI is InChI=1S/C12H19NO4.C12H19NO3/c1-12(2,3)17-11(16)13-8-5-4-7(6-8)9(13)10(14)15;1-7(14)10-9-5-8(9)6-13(10)11(15)16-12(2,3)4/h7-9H,4-6H2,1-3H3,(H,14,15);8-10H,5-6H2,1-4H3. The van der Waals surface area contributed by atoms with Gasteiger partial charge < -0.3 is 14.6 Å². The van der Waals surface area contributed by atoms with Gasteiger partial charge in [-0.25, -0.2) is 14.4 Å². The Kier molecular flexibility index (Phi) is 6.75. The fourth-order valence-corrected chi connectivity index (χ4v) is 5.38. The van der Waals surface area contributed by atoms with Gasteiger partial charge in [-0.15, -0.1) is 0 Å². The van der Waals surface area contributed by atoms with Crippen molar-refractivity contribution in [2.75, 3.05) is 6.54 Å². The van der Waals surface area contributed by atoms with E-state index in [0.717, 1.165) is 25.7 Å². The molecule has 2 aliphatic heterocycles. The van der Waals surface area contributed by atoms with Crippen molar-refractivity contribution in [2.45, 2.75) is 103 Å². The van der Waals surface area contributed by atoms with Gasteiger partial charge in [0.25, 0.3) is 0 Å². The fourth-order valence-electron chi connectivity index (χ4n) is 5.38. The number of carbonyl (C=O) groups is 4. The number of carboxylic acids is 1. The zero-order valence-electron chi connectivity index (χ0n) is 20.8. The topological polar surface area (TPSA) is 113 Å². The summed E-state index contributed by atoms with van der Waals surface area (Å²) in [6.45, 7) is 13.1. The molecule has 33 heavy (non-hydrogen) atoms. The van der Waals surface area contributed by atoms with Crippen LogP contribution in [0.2, 0.25) is 0 Å². The van der Waals surface area contributed by atoms with Crippen LogP contribution in [-0.4, -0.2) is 74.7 Å². The van der Waals surface area contributed by atoms with Crippen LogP contribution in [0.25, 0.3) is 0 Å². The van der Waals surface area contributed by atoms with Crippen molar-refractivity contribution in [1.82, 2.24) is 9.80 Å². The third-order valence-electron chi connectivity index (χ3n) is 6.64. The van der Waals surface area contributed by atoms with Gasteiger partial charge in [0.05, 0.1) is 6.04 Å². The lowest BCUT2D eigenvalue weighted by molar-refractivity contribution is -0.144. The summed E-state index contributed by atoms with van der Waals surface area (Å²) >= 11 is 0. The van der Waals surface area contributed by atoms with E-state index in [0.29, 0.717) is 18.4 Å². The number of fused-ring (bicyclic) bond motifs is 3. The van der Waals surface area contributed by atoms with Gasteiger partial charge >= 0.3 is 18.2 Å². The van der Waals surface area contributed by atoms with Crippen LogP contribution in [0.5, 0.6) is 0 Å². The van der Waals surface area contributed by atoms with E-state index in [9.17, 15) is 24.3 Å². The molecule has 9 heteroatoms. The molecule has 1 N–H and O–H groups in total. The highest BCUT2D eigenvalue weighted by atomic mass is 16.6. The molecule has 2 aliphatic carbocycles. The summed E-state index contributed by atoms with van der Waals surface area (Å²) in [4.78, 5) is 49.7. The summed E-state index contributed by atoms with van der Waals surface area (Å²) in [5.41, 5.74) is -1.08. The third-order valence-corrected chi connectivity index (χ3v) is 6.64. The maximum Gasteiger partial charge on any atom is 0.411 e. The first-order chi connectivity index (χ1) is 15.1. The molecule has 0 radical (unpaired) electrons. The summed E-state index contributed by atoms with van der Waals surface area (Å²) in [6.07, 6.45) is 2.85. The highest BCUT2D eigenvalue weighted by molar-refractivity contribution is 5.87. The Bertz CT molecular complexity index is 813. The molecule has 0 aromatic heterocycles. The Hall–Kier alpha value is -2.32. The van der Waals surface area contributed by atoms with Crippen LogP contribution >= 0.6 is 0 Å². The van der Waals surface area contributed by atoms with Gasteiger partial charge in [0, 0.05) is 12.6 Å². The van der Waals surface area contributed by atoms with E-state index >= 15 is 0 Å². The third kappa shape index (κ3) is 5.79. The number of hydrogen-bond acceptors (Lipinski definition) is 6. The molecule has 0 aromatic carbocycles. The van der Waals surface area contributed by atoms with Gasteiger partial charge in [0.2, 0.25) is 0 Å². The van der Waals surface area contributed by atoms with Gasteiger partial charge in [-0.3, -0.25) is 14.6 Å². The van der Waals surface area contributed by atoms with Gasteiger partial charge in [-0.1, -0.05) is 0 Å². The van der Waals surface area contributed by atoms with Gasteiger partial charge in [0.15, 0.2) is 5.78 Å². The van der Waals surface area contributed by atoms with Crippen molar-refractivity contribution in [2.24, 2.45) is 17.8 Å². The van der Waals surface area contributed by atoms with Gasteiger partial charge in [-0.05, 0) is 91.9 Å². The summed E-state index contributed by atoms with van der Waals surface area (Å²) in [6, 6.07) is -0.876. The predicted molar refractivity (Wildman–Crippen MR) is 120 cm³/mol. The van der Waals surface area contributed by atoms with E-state index in [1.165, 1.54) is 4.90 Å². The molecule has 2 bridgehead atoms. The largest absolute Gasteiger partial charge is 0.480 e. The van der Waals surface area contributed by atoms with E-state index in [-0.39, 0.29) is 29.9 Å². The lowest BCUT2D eigenvalue weighted by Gasteiger charge is -2.34. The van der Waals surface area contributed by atoms with Crippen LogP contribution < -0.4 is 0 Å². The number of piperidine rings is 2. The second-order valence-electron chi connectivity index (χ2n) is 11.7. The zero-order valence-corrected chi connectivity index (χ0v) is 20.8. The molecule has 6 unspecified atom stereocenters. The number of Topliss-reactive ketones (excluding diaryl/α,β-unsaturated/α-hetero) is 1. The Morgan fingerprint density at radius 1 is 0.818 bits per heavy atom. The molecule has 186 valence electrons. The van der Waals surface area contributed by atoms with Crippen molar-refractivity contribution in [3.05, 3.63) is 0 Å². The minimum absolute atomic E-state index is 0.0518. The molecular formula is C24H38N2O7. The molecule has 2 saturated carbocycles. The average molecular weight is 467 g/mol. The van der Waals surface area contributed by atoms with E-state index in [1.807, 2.05) is 20.8 Å². The first-order valence-electron chi connectivity index (χ1n) is 11.8. The SMILES string of the molecule is CC(=O)C1C2CC2CN1C(=O)OC(C)(C)C.CC(C)(C)OC(=O)N1C2CCC(C2)C1C(=O)O. The van der Waals surface area contributed by atoms with E-state index in [2.05, 4.69) is 0 Å². The average Bonchev–Trinajstić information content (AvgIpc) is 3.02. The second-order valence-corrected chi connectivity index (χ2v) is 11.7. The lowest BCUT2D eigenvalue weighted by atomic mass is 9.99. The Balaban J connectivity index is 0.000000186. The highest BCUT2D eigenvalue weighted by Crippen LogP contribution is 2.50. The number of hydrogen-bond donors (Lipinski definition) is 1. The highest BCUT2D eigenvalue weighted by Gasteiger charge is 2.56. The van der Waals surface area contributed by atoms with Crippen molar-refractivity contribution in [3.8, 4) is 0 Å². The van der Waals surface area contributed by atoms with Crippen LogP contribution in [0, 0.1) is 17.8 Å². The summed E-state index contributed by atoms with van der Waals surface area (Å²) in [5, 5.41) is 9.20.